The summed E-state index contributed by atoms with van der Waals surface area (Å²) < 4.78 is 13.5. The Morgan fingerprint density at radius 3 is 2.50 bits per heavy atom. The van der Waals surface area contributed by atoms with E-state index in [0.29, 0.717) is 5.69 Å². The van der Waals surface area contributed by atoms with Crippen LogP contribution in [0, 0.1) is 5.82 Å². The van der Waals surface area contributed by atoms with E-state index in [9.17, 15) is 9.18 Å². The number of amides is 2. The molecule has 2 aromatic rings. The number of anilines is 1. The van der Waals surface area contributed by atoms with Crippen molar-refractivity contribution in [3.05, 3.63) is 70.6 Å². The van der Waals surface area contributed by atoms with Crippen molar-refractivity contribution in [3.63, 3.8) is 0 Å². The molecule has 0 aliphatic carbocycles. The van der Waals surface area contributed by atoms with Crippen molar-refractivity contribution in [1.29, 1.82) is 0 Å². The molecule has 20 heavy (non-hydrogen) atoms. The van der Waals surface area contributed by atoms with E-state index in [1.165, 1.54) is 18.3 Å². The van der Waals surface area contributed by atoms with Gasteiger partial charge in [0.05, 0.1) is 5.69 Å². The fourth-order valence-electron chi connectivity index (χ4n) is 1.51. The van der Waals surface area contributed by atoms with Gasteiger partial charge in [0.25, 0.3) is 0 Å². The summed E-state index contributed by atoms with van der Waals surface area (Å²) in [5.74, 6) is -0.290. The molecular formula is C15H12BrFN2O. The maximum absolute atomic E-state index is 12.7. The first-order valence-corrected chi connectivity index (χ1v) is 6.68. The molecule has 0 fully saturated rings. The molecule has 0 spiro atoms. The normalized spacial score (nSPS) is 10.5. The zero-order chi connectivity index (χ0) is 14.4. The minimum absolute atomic E-state index is 0.290. The number of hydrogen-bond donors (Lipinski definition) is 2. The lowest BCUT2D eigenvalue weighted by Gasteiger charge is -2.06. The van der Waals surface area contributed by atoms with Gasteiger partial charge >= 0.3 is 6.03 Å². The van der Waals surface area contributed by atoms with Crippen LogP contribution in [0.2, 0.25) is 0 Å². The molecule has 0 unspecified atom stereocenters. The van der Waals surface area contributed by atoms with Gasteiger partial charge in [0, 0.05) is 10.7 Å². The second-order valence-electron chi connectivity index (χ2n) is 3.96. The highest BCUT2D eigenvalue weighted by Gasteiger charge is 2.01. The molecule has 0 atom stereocenters. The van der Waals surface area contributed by atoms with Crippen molar-refractivity contribution in [3.8, 4) is 0 Å². The first-order chi connectivity index (χ1) is 9.65. The monoisotopic (exact) mass is 334 g/mol. The summed E-state index contributed by atoms with van der Waals surface area (Å²) in [5, 5.41) is 5.27. The van der Waals surface area contributed by atoms with Crippen LogP contribution < -0.4 is 10.6 Å². The van der Waals surface area contributed by atoms with E-state index in [1.54, 1.807) is 24.3 Å². The van der Waals surface area contributed by atoms with E-state index >= 15 is 0 Å². The van der Waals surface area contributed by atoms with Gasteiger partial charge in [0.15, 0.2) is 0 Å². The molecule has 102 valence electrons. The molecule has 0 aliphatic rings. The average molecular weight is 335 g/mol. The fourth-order valence-corrected chi connectivity index (χ4v) is 1.89. The Bertz CT molecular complexity index is 626. The highest BCUT2D eigenvalue weighted by molar-refractivity contribution is 9.10. The third-order valence-electron chi connectivity index (χ3n) is 2.48. The van der Waals surface area contributed by atoms with Crippen LogP contribution in [0.4, 0.5) is 14.9 Å². The molecule has 5 heteroatoms. The summed E-state index contributed by atoms with van der Waals surface area (Å²) in [7, 11) is 0. The van der Waals surface area contributed by atoms with Gasteiger partial charge in [0.1, 0.15) is 5.82 Å². The first-order valence-electron chi connectivity index (χ1n) is 5.89. The van der Waals surface area contributed by atoms with Crippen LogP contribution in [0.1, 0.15) is 5.56 Å². The minimum Gasteiger partial charge on any atom is -0.314 e. The van der Waals surface area contributed by atoms with Gasteiger partial charge in [-0.25, -0.2) is 9.18 Å². The standard InChI is InChI=1S/C15H12BrFN2O/c16-13-3-1-2-4-14(13)19-15(20)18-10-9-11-5-7-12(17)8-6-11/h1-10H,(H2,18,19,20)/b10-9+. The molecule has 3 nitrogen and oxygen atoms in total. The highest BCUT2D eigenvalue weighted by Crippen LogP contribution is 2.20. The number of carbonyl (C=O) groups is 1. The van der Waals surface area contributed by atoms with Crippen LogP contribution in [-0.2, 0) is 0 Å². The van der Waals surface area contributed by atoms with E-state index in [0.717, 1.165) is 10.0 Å². The molecule has 0 radical (unpaired) electrons. The van der Waals surface area contributed by atoms with Crippen LogP contribution in [0.25, 0.3) is 6.08 Å². The largest absolute Gasteiger partial charge is 0.323 e. The summed E-state index contributed by atoms with van der Waals surface area (Å²) in [6, 6.07) is 12.9. The first kappa shape index (κ1) is 14.3. The number of benzene rings is 2. The van der Waals surface area contributed by atoms with Crippen molar-refractivity contribution < 1.29 is 9.18 Å². The zero-order valence-corrected chi connectivity index (χ0v) is 12.0. The minimum atomic E-state index is -0.352. The molecule has 0 saturated heterocycles. The number of halogens is 2. The number of urea groups is 1. The molecule has 2 N–H and O–H groups in total. The molecule has 0 aliphatic heterocycles. The molecule has 0 bridgehead atoms. The topological polar surface area (TPSA) is 41.1 Å². The second-order valence-corrected chi connectivity index (χ2v) is 4.82. The van der Waals surface area contributed by atoms with Crippen molar-refractivity contribution in [2.75, 3.05) is 5.32 Å². The van der Waals surface area contributed by atoms with E-state index < -0.39 is 0 Å². The number of para-hydroxylation sites is 1. The van der Waals surface area contributed by atoms with Crippen molar-refractivity contribution in [2.45, 2.75) is 0 Å². The lowest BCUT2D eigenvalue weighted by Crippen LogP contribution is -2.23. The smallest absolute Gasteiger partial charge is 0.314 e. The third-order valence-corrected chi connectivity index (χ3v) is 3.17. The van der Waals surface area contributed by atoms with E-state index in [-0.39, 0.29) is 11.8 Å². The van der Waals surface area contributed by atoms with Crippen LogP contribution in [0.3, 0.4) is 0 Å². The predicted octanol–water partition coefficient (Wildman–Crippen LogP) is 4.38. The van der Waals surface area contributed by atoms with Crippen molar-refractivity contribution in [1.82, 2.24) is 5.32 Å². The molecule has 0 aromatic heterocycles. The molecule has 0 heterocycles. The summed E-state index contributed by atoms with van der Waals surface area (Å²) >= 11 is 3.34. The molecule has 2 aromatic carbocycles. The summed E-state index contributed by atoms with van der Waals surface area (Å²) in [6.45, 7) is 0. The van der Waals surface area contributed by atoms with Crippen LogP contribution in [-0.4, -0.2) is 6.03 Å². The molecule has 0 saturated carbocycles. The Hall–Kier alpha value is -2.14. The maximum atomic E-state index is 12.7. The Labute approximate surface area is 124 Å². The zero-order valence-electron chi connectivity index (χ0n) is 10.4. The van der Waals surface area contributed by atoms with E-state index in [1.807, 2.05) is 18.2 Å². The van der Waals surface area contributed by atoms with E-state index in [2.05, 4.69) is 26.6 Å². The fraction of sp³-hybridized carbons (Fsp3) is 0. The quantitative estimate of drug-likeness (QED) is 0.859. The van der Waals surface area contributed by atoms with Gasteiger partial charge in [-0.05, 0) is 51.8 Å². The van der Waals surface area contributed by atoms with Crippen molar-refractivity contribution in [2.24, 2.45) is 0 Å². The summed E-state index contributed by atoms with van der Waals surface area (Å²) in [6.07, 6.45) is 3.18. The Balaban J connectivity index is 1.89. The Morgan fingerprint density at radius 1 is 1.10 bits per heavy atom. The van der Waals surface area contributed by atoms with Gasteiger partial charge in [-0.15, -0.1) is 0 Å². The number of hydrogen-bond acceptors (Lipinski definition) is 1. The average Bonchev–Trinajstić information content (AvgIpc) is 2.44. The lowest BCUT2D eigenvalue weighted by atomic mass is 10.2. The summed E-state index contributed by atoms with van der Waals surface area (Å²) in [5.41, 5.74) is 1.48. The Kier molecular flexibility index (Phi) is 4.90. The highest BCUT2D eigenvalue weighted by atomic mass is 79.9. The molecular weight excluding hydrogens is 323 g/mol. The number of carbonyl (C=O) groups excluding carboxylic acids is 1. The van der Waals surface area contributed by atoms with Crippen LogP contribution in [0.5, 0.6) is 0 Å². The predicted molar refractivity (Wildman–Crippen MR) is 81.7 cm³/mol. The van der Waals surface area contributed by atoms with E-state index in [4.69, 9.17) is 0 Å². The second kappa shape index (κ2) is 6.86. The SMILES string of the molecule is O=C(N/C=C/c1ccc(F)cc1)Nc1ccccc1Br. The van der Waals surface area contributed by atoms with Gasteiger partial charge in [-0.2, -0.15) is 0 Å². The number of nitrogens with one attached hydrogen (secondary N) is 2. The van der Waals surface area contributed by atoms with Crippen LogP contribution in [0.15, 0.2) is 59.2 Å². The lowest BCUT2D eigenvalue weighted by molar-refractivity contribution is 0.255. The van der Waals surface area contributed by atoms with Gasteiger partial charge in [-0.1, -0.05) is 24.3 Å². The Morgan fingerprint density at radius 2 is 1.80 bits per heavy atom. The van der Waals surface area contributed by atoms with Gasteiger partial charge in [-0.3, -0.25) is 0 Å². The van der Waals surface area contributed by atoms with Crippen LogP contribution >= 0.6 is 15.9 Å². The molecule has 2 rings (SSSR count). The van der Waals surface area contributed by atoms with Crippen molar-refractivity contribution >= 4 is 33.7 Å². The molecule has 2 amide bonds. The van der Waals surface area contributed by atoms with Gasteiger partial charge < -0.3 is 10.6 Å². The number of rotatable bonds is 3. The third kappa shape index (κ3) is 4.20. The van der Waals surface area contributed by atoms with Gasteiger partial charge in [0.2, 0.25) is 0 Å². The maximum Gasteiger partial charge on any atom is 0.323 e. The summed E-state index contributed by atoms with van der Waals surface area (Å²) in [4.78, 5) is 11.7.